The third-order valence-corrected chi connectivity index (χ3v) is 3.83. The number of hydrogen-bond donors (Lipinski definition) is 0. The molecule has 0 spiro atoms. The van der Waals surface area contributed by atoms with E-state index in [1.54, 1.807) is 18.2 Å². The van der Waals surface area contributed by atoms with Gasteiger partial charge in [-0.25, -0.2) is 4.79 Å². The summed E-state index contributed by atoms with van der Waals surface area (Å²) in [5.41, 5.74) is 2.48. The molecule has 1 saturated heterocycles. The van der Waals surface area contributed by atoms with E-state index in [4.69, 9.17) is 9.57 Å². The average molecular weight is 383 g/mol. The number of rotatable bonds is 4. The Labute approximate surface area is 165 Å². The van der Waals surface area contributed by atoms with Gasteiger partial charge in [0.25, 0.3) is 11.8 Å². The number of hydrogen-bond acceptors (Lipinski definition) is 5. The van der Waals surface area contributed by atoms with E-state index in [0.29, 0.717) is 10.6 Å². The van der Waals surface area contributed by atoms with E-state index in [1.165, 1.54) is 5.56 Å². The van der Waals surface area contributed by atoms with Crippen LogP contribution in [0, 0.1) is 13.8 Å². The molecular formula is C22H25NO5. The van der Waals surface area contributed by atoms with Gasteiger partial charge in [-0.2, -0.15) is 0 Å². The second kappa shape index (κ2) is 9.69. The molecule has 0 atom stereocenters. The van der Waals surface area contributed by atoms with Gasteiger partial charge in [0, 0.05) is 12.8 Å². The summed E-state index contributed by atoms with van der Waals surface area (Å²) in [6.07, 6.45) is 0.456. The molecule has 2 amide bonds. The SMILES string of the molecule is Cc1ccc(OC(C)C)cc1.Cc1cccc(C(=O)ON2C(=O)CCC2=O)c1. The first-order chi connectivity index (χ1) is 13.3. The van der Waals surface area contributed by atoms with Crippen molar-refractivity contribution >= 4 is 17.8 Å². The molecule has 148 valence electrons. The summed E-state index contributed by atoms with van der Waals surface area (Å²) >= 11 is 0. The van der Waals surface area contributed by atoms with E-state index in [-0.39, 0.29) is 18.9 Å². The molecule has 0 bridgehead atoms. The average Bonchev–Trinajstić information content (AvgIpc) is 2.96. The smallest absolute Gasteiger partial charge is 0.363 e. The molecule has 28 heavy (non-hydrogen) atoms. The molecule has 1 aliphatic heterocycles. The van der Waals surface area contributed by atoms with Crippen molar-refractivity contribution in [3.63, 3.8) is 0 Å². The molecule has 1 aliphatic rings. The molecule has 1 heterocycles. The highest BCUT2D eigenvalue weighted by molar-refractivity contribution is 6.02. The molecule has 2 aromatic carbocycles. The molecular weight excluding hydrogens is 358 g/mol. The molecule has 2 aromatic rings. The fourth-order valence-corrected chi connectivity index (χ4v) is 2.45. The molecule has 1 fully saturated rings. The summed E-state index contributed by atoms with van der Waals surface area (Å²) in [6, 6.07) is 14.8. The van der Waals surface area contributed by atoms with Crippen molar-refractivity contribution < 1.29 is 24.0 Å². The minimum Gasteiger partial charge on any atom is -0.491 e. The molecule has 6 nitrogen and oxygen atoms in total. The highest BCUT2D eigenvalue weighted by Crippen LogP contribution is 2.15. The number of benzene rings is 2. The van der Waals surface area contributed by atoms with Crippen LogP contribution in [-0.4, -0.2) is 29.0 Å². The first kappa shape index (κ1) is 21.2. The van der Waals surface area contributed by atoms with Crippen molar-refractivity contribution in [1.29, 1.82) is 0 Å². The number of imide groups is 1. The van der Waals surface area contributed by atoms with E-state index in [1.807, 2.05) is 39.0 Å². The standard InChI is InChI=1S/C12H11NO4.C10H14O/c1-8-3-2-4-9(7-8)12(16)17-13-10(14)5-6-11(13)15;1-8(2)11-10-6-4-9(3)5-7-10/h2-4,7H,5-6H2,1H3;4-8H,1-3H3. The Kier molecular flexibility index (Phi) is 7.32. The number of hydroxylamine groups is 2. The fourth-order valence-electron chi connectivity index (χ4n) is 2.45. The number of carbonyl (C=O) groups excluding carboxylic acids is 3. The molecule has 0 N–H and O–H groups in total. The second-order valence-corrected chi connectivity index (χ2v) is 6.81. The minimum atomic E-state index is -0.697. The second-order valence-electron chi connectivity index (χ2n) is 6.81. The highest BCUT2D eigenvalue weighted by atomic mass is 16.7. The van der Waals surface area contributed by atoms with Gasteiger partial charge in [0.05, 0.1) is 11.7 Å². The van der Waals surface area contributed by atoms with E-state index < -0.39 is 17.8 Å². The van der Waals surface area contributed by atoms with Gasteiger partial charge < -0.3 is 9.57 Å². The lowest BCUT2D eigenvalue weighted by molar-refractivity contribution is -0.172. The highest BCUT2D eigenvalue weighted by Gasteiger charge is 2.33. The van der Waals surface area contributed by atoms with E-state index in [0.717, 1.165) is 11.3 Å². The summed E-state index contributed by atoms with van der Waals surface area (Å²) in [5.74, 6) is -0.699. The Balaban J connectivity index is 0.000000221. The van der Waals surface area contributed by atoms with Crippen molar-refractivity contribution in [3.8, 4) is 5.75 Å². The fraction of sp³-hybridized carbons (Fsp3) is 0.318. The molecule has 0 saturated carbocycles. The molecule has 0 radical (unpaired) electrons. The predicted octanol–water partition coefficient (Wildman–Crippen LogP) is 4.00. The number of ether oxygens (including phenoxy) is 1. The zero-order chi connectivity index (χ0) is 20.7. The van der Waals surface area contributed by atoms with Crippen molar-refractivity contribution in [2.45, 2.75) is 46.6 Å². The number of aryl methyl sites for hydroxylation is 2. The molecule has 0 unspecified atom stereocenters. The van der Waals surface area contributed by atoms with Gasteiger partial charge in [-0.15, -0.1) is 5.06 Å². The van der Waals surface area contributed by atoms with Crippen LogP contribution in [0.3, 0.4) is 0 Å². The van der Waals surface area contributed by atoms with E-state index in [9.17, 15) is 14.4 Å². The number of amides is 2. The van der Waals surface area contributed by atoms with Crippen LogP contribution in [0.15, 0.2) is 48.5 Å². The van der Waals surface area contributed by atoms with Crippen LogP contribution in [0.1, 0.15) is 48.2 Å². The van der Waals surface area contributed by atoms with Gasteiger partial charge >= 0.3 is 5.97 Å². The van der Waals surface area contributed by atoms with Crippen LogP contribution in [0.25, 0.3) is 0 Å². The lowest BCUT2D eigenvalue weighted by atomic mass is 10.1. The van der Waals surface area contributed by atoms with Gasteiger partial charge in [-0.3, -0.25) is 9.59 Å². The first-order valence-electron chi connectivity index (χ1n) is 9.14. The van der Waals surface area contributed by atoms with E-state index >= 15 is 0 Å². The normalized spacial score (nSPS) is 13.2. The van der Waals surface area contributed by atoms with Crippen LogP contribution in [0.2, 0.25) is 0 Å². The Morgan fingerprint density at radius 3 is 2.07 bits per heavy atom. The van der Waals surface area contributed by atoms with Gasteiger partial charge in [-0.05, 0) is 52.0 Å². The maximum Gasteiger partial charge on any atom is 0.363 e. The summed E-state index contributed by atoms with van der Waals surface area (Å²) in [5, 5.41) is 0.546. The molecule has 3 rings (SSSR count). The Hall–Kier alpha value is -3.15. The third-order valence-electron chi connectivity index (χ3n) is 3.83. The van der Waals surface area contributed by atoms with Crippen molar-refractivity contribution in [3.05, 3.63) is 65.2 Å². The van der Waals surface area contributed by atoms with Crippen LogP contribution >= 0.6 is 0 Å². The number of carbonyl (C=O) groups is 3. The van der Waals surface area contributed by atoms with Gasteiger partial charge in [0.1, 0.15) is 5.75 Å². The van der Waals surface area contributed by atoms with E-state index in [2.05, 4.69) is 19.1 Å². The van der Waals surface area contributed by atoms with Gasteiger partial charge in [0.2, 0.25) is 0 Å². The first-order valence-corrected chi connectivity index (χ1v) is 9.14. The lowest BCUT2D eigenvalue weighted by Crippen LogP contribution is -2.32. The zero-order valence-corrected chi connectivity index (χ0v) is 16.6. The summed E-state index contributed by atoms with van der Waals surface area (Å²) in [7, 11) is 0. The Morgan fingerprint density at radius 2 is 1.54 bits per heavy atom. The van der Waals surface area contributed by atoms with Crippen molar-refractivity contribution in [1.82, 2.24) is 5.06 Å². The topological polar surface area (TPSA) is 72.9 Å². The quantitative estimate of drug-likeness (QED) is 0.746. The Bertz CT molecular complexity index is 826. The van der Waals surface area contributed by atoms with Crippen LogP contribution < -0.4 is 4.74 Å². The third kappa shape index (κ3) is 6.23. The van der Waals surface area contributed by atoms with Crippen LogP contribution in [0.4, 0.5) is 0 Å². The monoisotopic (exact) mass is 383 g/mol. The minimum absolute atomic E-state index is 0.0972. The Morgan fingerprint density at radius 1 is 0.929 bits per heavy atom. The predicted molar refractivity (Wildman–Crippen MR) is 105 cm³/mol. The summed E-state index contributed by atoms with van der Waals surface area (Å²) in [6.45, 7) is 7.96. The summed E-state index contributed by atoms with van der Waals surface area (Å²) in [4.78, 5) is 38.9. The van der Waals surface area contributed by atoms with Gasteiger partial charge in [0.15, 0.2) is 0 Å². The van der Waals surface area contributed by atoms with Crippen molar-refractivity contribution in [2.24, 2.45) is 0 Å². The van der Waals surface area contributed by atoms with Gasteiger partial charge in [-0.1, -0.05) is 35.4 Å². The molecule has 0 aromatic heterocycles. The van der Waals surface area contributed by atoms with Crippen LogP contribution in [0.5, 0.6) is 5.75 Å². The molecule has 6 heteroatoms. The number of nitrogens with zero attached hydrogens (tertiary/aromatic N) is 1. The maximum absolute atomic E-state index is 11.7. The largest absolute Gasteiger partial charge is 0.491 e. The van der Waals surface area contributed by atoms with Crippen molar-refractivity contribution in [2.75, 3.05) is 0 Å². The molecule has 0 aliphatic carbocycles. The maximum atomic E-state index is 11.7. The summed E-state index contributed by atoms with van der Waals surface area (Å²) < 4.78 is 5.47. The van der Waals surface area contributed by atoms with Crippen LogP contribution in [-0.2, 0) is 14.4 Å². The zero-order valence-electron chi connectivity index (χ0n) is 16.6. The lowest BCUT2D eigenvalue weighted by Gasteiger charge is -2.12.